The topological polar surface area (TPSA) is 216 Å². The summed E-state index contributed by atoms with van der Waals surface area (Å²) in [5, 5.41) is 80.4. The number of ether oxygens (including phenoxy) is 4. The molecule has 8 N–H and O–H groups in total. The first-order chi connectivity index (χ1) is 15.5. The van der Waals surface area contributed by atoms with Gasteiger partial charge < -0.3 is 59.8 Å². The average Bonchev–Trinajstić information content (AvgIpc) is 2.74. The Labute approximate surface area is 187 Å². The lowest BCUT2D eigenvalue weighted by molar-refractivity contribution is -0.354. The number of carbonyl (C=O) groups is 1. The number of phenols is 2. The Morgan fingerprint density at radius 1 is 0.909 bits per heavy atom. The van der Waals surface area contributed by atoms with Crippen molar-refractivity contribution in [3.8, 4) is 17.2 Å². The number of aliphatic hydroxyl groups is 6. The molecular weight excluding hydrogens is 448 g/mol. The summed E-state index contributed by atoms with van der Waals surface area (Å²) in [7, 11) is 0. The molecule has 0 unspecified atom stereocenters. The molecule has 0 aromatic heterocycles. The highest BCUT2D eigenvalue weighted by Gasteiger charge is 2.50. The van der Waals surface area contributed by atoms with Crippen LogP contribution in [0.15, 0.2) is 12.1 Å². The molecule has 10 atom stereocenters. The molecule has 0 amide bonds. The van der Waals surface area contributed by atoms with E-state index in [-0.39, 0.29) is 11.3 Å². The molecule has 2 aliphatic heterocycles. The minimum absolute atomic E-state index is 0.220. The van der Waals surface area contributed by atoms with Gasteiger partial charge in [-0.25, -0.2) is 0 Å². The second-order valence-corrected chi connectivity index (χ2v) is 8.00. The first kappa shape index (κ1) is 25.6. The summed E-state index contributed by atoms with van der Waals surface area (Å²) < 4.78 is 21.9. The summed E-state index contributed by atoms with van der Waals surface area (Å²) in [6, 6.07) is 1.99. The molecule has 2 saturated heterocycles. The number of hydrogen-bond acceptors (Lipinski definition) is 13. The highest BCUT2D eigenvalue weighted by molar-refractivity contribution is 5.99. The summed E-state index contributed by atoms with van der Waals surface area (Å²) in [6.07, 6.45) is -15.2. The van der Waals surface area contributed by atoms with Crippen molar-refractivity contribution < 1.29 is 64.6 Å². The Balaban J connectivity index is 1.88. The monoisotopic (exact) mass is 476 g/mol. The number of aliphatic hydroxyl groups excluding tert-OH is 6. The van der Waals surface area contributed by atoms with Crippen LogP contribution in [0.25, 0.3) is 0 Å². The van der Waals surface area contributed by atoms with Crippen molar-refractivity contribution in [1.82, 2.24) is 0 Å². The van der Waals surface area contributed by atoms with Crippen LogP contribution in [-0.2, 0) is 14.2 Å². The van der Waals surface area contributed by atoms with E-state index in [0.29, 0.717) is 0 Å². The molecule has 0 saturated carbocycles. The van der Waals surface area contributed by atoms with Crippen molar-refractivity contribution in [1.29, 1.82) is 0 Å². The maximum absolute atomic E-state index is 11.6. The summed E-state index contributed by atoms with van der Waals surface area (Å²) in [6.45, 7) is 1.83. The number of hydrogen-bond donors (Lipinski definition) is 8. The van der Waals surface area contributed by atoms with Crippen molar-refractivity contribution in [3.63, 3.8) is 0 Å². The third kappa shape index (κ3) is 5.06. The smallest absolute Gasteiger partial charge is 0.229 e. The molecule has 2 aliphatic rings. The maximum Gasteiger partial charge on any atom is 0.229 e. The second kappa shape index (κ2) is 10.0. The lowest BCUT2D eigenvalue weighted by Crippen LogP contribution is -2.64. The highest BCUT2D eigenvalue weighted by Crippen LogP contribution is 2.35. The molecule has 0 bridgehead atoms. The van der Waals surface area contributed by atoms with E-state index < -0.39 is 85.3 Å². The van der Waals surface area contributed by atoms with E-state index in [4.69, 9.17) is 18.9 Å². The molecule has 13 heteroatoms. The van der Waals surface area contributed by atoms with Crippen LogP contribution in [0, 0.1) is 0 Å². The van der Waals surface area contributed by atoms with Crippen LogP contribution in [-0.4, -0.2) is 115 Å². The molecule has 1 aromatic rings. The predicted molar refractivity (Wildman–Crippen MR) is 105 cm³/mol. The molecule has 3 rings (SSSR count). The van der Waals surface area contributed by atoms with E-state index in [1.54, 1.807) is 0 Å². The van der Waals surface area contributed by atoms with Crippen LogP contribution in [0.5, 0.6) is 17.2 Å². The fourth-order valence-electron chi connectivity index (χ4n) is 3.73. The highest BCUT2D eigenvalue weighted by atomic mass is 16.8. The molecule has 2 heterocycles. The van der Waals surface area contributed by atoms with Crippen molar-refractivity contribution in [3.05, 3.63) is 17.7 Å². The molecule has 186 valence electrons. The quantitative estimate of drug-likeness (QED) is 0.197. The lowest BCUT2D eigenvalue weighted by atomic mass is 9.97. The van der Waals surface area contributed by atoms with Gasteiger partial charge in [-0.15, -0.1) is 0 Å². The summed E-state index contributed by atoms with van der Waals surface area (Å²) in [4.78, 5) is 11.6. The van der Waals surface area contributed by atoms with Crippen molar-refractivity contribution >= 4 is 5.78 Å². The van der Waals surface area contributed by atoms with Crippen molar-refractivity contribution in [2.24, 2.45) is 0 Å². The number of phenolic OH excluding ortho intramolecular Hbond substituents is 2. The van der Waals surface area contributed by atoms with E-state index >= 15 is 0 Å². The van der Waals surface area contributed by atoms with Crippen LogP contribution in [0.3, 0.4) is 0 Å². The third-order valence-corrected chi connectivity index (χ3v) is 5.60. The molecule has 1 aromatic carbocycles. The van der Waals surface area contributed by atoms with Crippen LogP contribution in [0.2, 0.25) is 0 Å². The fourth-order valence-corrected chi connectivity index (χ4v) is 3.73. The second-order valence-electron chi connectivity index (χ2n) is 8.00. The van der Waals surface area contributed by atoms with E-state index in [0.717, 1.165) is 19.1 Å². The zero-order chi connectivity index (χ0) is 24.6. The molecule has 0 aliphatic carbocycles. The molecule has 13 nitrogen and oxygen atoms in total. The van der Waals surface area contributed by atoms with E-state index in [2.05, 4.69) is 0 Å². The van der Waals surface area contributed by atoms with Gasteiger partial charge in [0.05, 0.1) is 12.7 Å². The molecule has 0 radical (unpaired) electrons. The maximum atomic E-state index is 11.6. The van der Waals surface area contributed by atoms with Gasteiger partial charge in [-0.3, -0.25) is 4.79 Å². The van der Waals surface area contributed by atoms with Gasteiger partial charge in [0.15, 0.2) is 18.2 Å². The van der Waals surface area contributed by atoms with Crippen LogP contribution < -0.4 is 4.74 Å². The Morgan fingerprint density at radius 2 is 1.52 bits per heavy atom. The molecule has 33 heavy (non-hydrogen) atoms. The van der Waals surface area contributed by atoms with Gasteiger partial charge in [0.2, 0.25) is 6.29 Å². The fraction of sp³-hybridized carbons (Fsp3) is 0.650. The van der Waals surface area contributed by atoms with Gasteiger partial charge >= 0.3 is 0 Å². The minimum atomic E-state index is -1.74. The Morgan fingerprint density at radius 3 is 2.06 bits per heavy atom. The Bertz CT molecular complexity index is 824. The van der Waals surface area contributed by atoms with Crippen LogP contribution in [0.4, 0.5) is 0 Å². The van der Waals surface area contributed by atoms with E-state index in [1.165, 1.54) is 6.92 Å². The number of rotatable bonds is 6. The van der Waals surface area contributed by atoms with E-state index in [9.17, 15) is 45.6 Å². The molecular formula is C20H28O13. The van der Waals surface area contributed by atoms with Gasteiger partial charge in [0.1, 0.15) is 59.4 Å². The van der Waals surface area contributed by atoms with Gasteiger partial charge in [-0.05, 0) is 13.8 Å². The molecule has 0 spiro atoms. The summed E-state index contributed by atoms with van der Waals surface area (Å²) >= 11 is 0. The van der Waals surface area contributed by atoms with Gasteiger partial charge in [0, 0.05) is 12.1 Å². The van der Waals surface area contributed by atoms with Crippen molar-refractivity contribution in [2.45, 2.75) is 75.3 Å². The standard InChI is InChI=1S/C20H28O13/c1-6(22)12-9(23)3-8(4-10(12)24)31-20-18(16(28)14(26)11(5-21)32-20)33-19-17(29)15(27)13(25)7(2)30-19/h3-4,7,11,13-21,23-29H,5H2,1-2H3/t7-,11-,13+,14+,15-,16+,17-,18+,19-,20-/m0/s1. The van der Waals surface area contributed by atoms with Crippen molar-refractivity contribution in [2.75, 3.05) is 6.61 Å². The van der Waals surface area contributed by atoms with E-state index in [1.807, 2.05) is 0 Å². The van der Waals surface area contributed by atoms with Crippen LogP contribution >= 0.6 is 0 Å². The number of carbonyl (C=O) groups excluding carboxylic acids is 1. The lowest BCUT2D eigenvalue weighted by Gasteiger charge is -2.45. The van der Waals surface area contributed by atoms with Crippen LogP contribution in [0.1, 0.15) is 24.2 Å². The number of Topliss-reactive ketones (excluding diaryl/α,β-unsaturated/α-hetero) is 1. The zero-order valence-electron chi connectivity index (χ0n) is 17.8. The first-order valence-electron chi connectivity index (χ1n) is 10.2. The third-order valence-electron chi connectivity index (χ3n) is 5.60. The Hall–Kier alpha value is -2.07. The number of benzene rings is 1. The SMILES string of the molecule is CC(=O)c1c(O)cc(O[C@H]2O[C@@H](CO)[C@@H](O)[C@@H](O)[C@H]2O[C@@H]2O[C@@H](C)[C@@H](O)[C@H](O)[C@@H]2O)cc1O. The first-order valence-corrected chi connectivity index (χ1v) is 10.2. The van der Waals surface area contributed by atoms with Gasteiger partial charge in [-0.1, -0.05) is 0 Å². The predicted octanol–water partition coefficient (Wildman–Crippen LogP) is -2.67. The van der Waals surface area contributed by atoms with Gasteiger partial charge in [0.25, 0.3) is 0 Å². The van der Waals surface area contributed by atoms with Gasteiger partial charge in [-0.2, -0.15) is 0 Å². The summed E-state index contributed by atoms with van der Waals surface area (Å²) in [5.41, 5.74) is -0.344. The molecule has 2 fully saturated rings. The minimum Gasteiger partial charge on any atom is -0.507 e. The Kier molecular flexibility index (Phi) is 7.78. The number of aromatic hydroxyl groups is 2. The number of ketones is 1. The largest absolute Gasteiger partial charge is 0.507 e. The zero-order valence-corrected chi connectivity index (χ0v) is 17.8. The summed E-state index contributed by atoms with van der Waals surface area (Å²) in [5.74, 6) is -2.02. The normalized spacial score (nSPS) is 39.3. The average molecular weight is 476 g/mol.